The molecule has 5 nitrogen and oxygen atoms in total. The van der Waals surface area contributed by atoms with Gasteiger partial charge in [0.2, 0.25) is 0 Å². The first-order valence-electron chi connectivity index (χ1n) is 6.71. The highest BCUT2D eigenvalue weighted by Gasteiger charge is 2.23. The average Bonchev–Trinajstić information content (AvgIpc) is 2.52. The standard InChI is InChI=1S/C15H15N3O2S2/c1-2-18-12-5-3-10(9-17-16)7-15(12)21-14-6-4-11(22(19)20)8-13(14)18/h3-9H,2,16H2,1H3,(H,19,20)/b17-9+. The Balaban J connectivity index is 2.11. The zero-order valence-corrected chi connectivity index (χ0v) is 13.5. The molecule has 0 aliphatic carbocycles. The number of rotatable bonds is 3. The molecule has 3 N–H and O–H groups in total. The van der Waals surface area contributed by atoms with E-state index in [1.807, 2.05) is 24.3 Å². The maximum Gasteiger partial charge on any atom is 0.186 e. The number of hydrazone groups is 1. The second kappa shape index (κ2) is 6.12. The molecule has 7 heteroatoms. The van der Waals surface area contributed by atoms with Gasteiger partial charge in [-0.25, -0.2) is 4.21 Å². The van der Waals surface area contributed by atoms with Gasteiger partial charge in [0.05, 0.1) is 22.5 Å². The number of nitrogens with zero attached hydrogens (tertiary/aromatic N) is 2. The Morgan fingerprint density at radius 1 is 1.27 bits per heavy atom. The minimum absolute atomic E-state index is 0.410. The number of nitrogens with two attached hydrogens (primary N) is 1. The first-order chi connectivity index (χ1) is 10.6. The van der Waals surface area contributed by atoms with Crippen molar-refractivity contribution in [2.45, 2.75) is 21.6 Å². The summed E-state index contributed by atoms with van der Waals surface area (Å²) < 4.78 is 20.6. The number of fused-ring (bicyclic) bond motifs is 2. The molecule has 0 saturated heterocycles. The third kappa shape index (κ3) is 2.63. The molecule has 1 atom stereocenters. The van der Waals surface area contributed by atoms with Gasteiger partial charge in [0, 0.05) is 16.3 Å². The molecule has 3 rings (SSSR count). The number of benzene rings is 2. The van der Waals surface area contributed by atoms with E-state index in [0.717, 1.165) is 33.3 Å². The van der Waals surface area contributed by atoms with Crippen molar-refractivity contribution in [1.82, 2.24) is 0 Å². The molecular formula is C15H15N3O2S2. The number of hydrogen-bond acceptors (Lipinski definition) is 5. The summed E-state index contributed by atoms with van der Waals surface area (Å²) in [6.45, 7) is 2.83. The van der Waals surface area contributed by atoms with E-state index in [0.29, 0.717) is 4.90 Å². The van der Waals surface area contributed by atoms with Crippen LogP contribution in [0.1, 0.15) is 12.5 Å². The summed E-state index contributed by atoms with van der Waals surface area (Å²) in [4.78, 5) is 4.73. The van der Waals surface area contributed by atoms with Gasteiger partial charge in [-0.1, -0.05) is 17.8 Å². The van der Waals surface area contributed by atoms with Crippen LogP contribution in [-0.2, 0) is 11.1 Å². The molecule has 0 bridgehead atoms. The van der Waals surface area contributed by atoms with E-state index in [9.17, 15) is 8.76 Å². The molecule has 2 aromatic carbocycles. The normalized spacial score (nSPS) is 14.7. The fourth-order valence-corrected chi connectivity index (χ4v) is 4.02. The van der Waals surface area contributed by atoms with E-state index in [4.69, 9.17) is 5.84 Å². The zero-order valence-electron chi connectivity index (χ0n) is 11.9. The summed E-state index contributed by atoms with van der Waals surface area (Å²) >= 11 is -0.338. The van der Waals surface area contributed by atoms with Gasteiger partial charge in [-0.2, -0.15) is 5.10 Å². The zero-order chi connectivity index (χ0) is 15.7. The third-order valence-corrected chi connectivity index (χ3v) is 5.23. The predicted octanol–water partition coefficient (Wildman–Crippen LogP) is 3.18. The lowest BCUT2D eigenvalue weighted by molar-refractivity contribution is 0.564. The molecule has 0 saturated carbocycles. The fraction of sp³-hybridized carbons (Fsp3) is 0.133. The van der Waals surface area contributed by atoms with Crippen LogP contribution in [0.3, 0.4) is 0 Å². The molecule has 0 fully saturated rings. The smallest absolute Gasteiger partial charge is 0.186 e. The summed E-state index contributed by atoms with van der Waals surface area (Å²) in [5.41, 5.74) is 2.98. The van der Waals surface area contributed by atoms with Crippen molar-refractivity contribution < 1.29 is 8.76 Å². The molecule has 0 spiro atoms. The van der Waals surface area contributed by atoms with Gasteiger partial charge in [-0.15, -0.1) is 0 Å². The maximum atomic E-state index is 11.3. The Hall–Kier alpha value is -1.83. The van der Waals surface area contributed by atoms with Gasteiger partial charge >= 0.3 is 0 Å². The van der Waals surface area contributed by atoms with Gasteiger partial charge < -0.3 is 15.3 Å². The SMILES string of the molecule is CCN1c2ccc(/C=N/N)cc2Sc2ccc(S(=O)O)cc21. The molecule has 0 aromatic heterocycles. The number of hydrogen-bond donors (Lipinski definition) is 2. The Kier molecular flexibility index (Phi) is 4.19. The van der Waals surface area contributed by atoms with Gasteiger partial charge in [-0.05, 0) is 42.8 Å². The molecule has 1 heterocycles. The Morgan fingerprint density at radius 3 is 2.77 bits per heavy atom. The van der Waals surface area contributed by atoms with E-state index < -0.39 is 11.1 Å². The molecule has 0 amide bonds. The van der Waals surface area contributed by atoms with Crippen LogP contribution in [0.2, 0.25) is 0 Å². The molecule has 22 heavy (non-hydrogen) atoms. The lowest BCUT2D eigenvalue weighted by Gasteiger charge is -2.32. The van der Waals surface area contributed by atoms with Gasteiger partial charge in [-0.3, -0.25) is 0 Å². The van der Waals surface area contributed by atoms with Gasteiger partial charge in [0.15, 0.2) is 11.1 Å². The summed E-state index contributed by atoms with van der Waals surface area (Å²) in [5, 5.41) is 3.56. The maximum absolute atomic E-state index is 11.3. The minimum atomic E-state index is -1.98. The van der Waals surface area contributed by atoms with Crippen LogP contribution in [0, 0.1) is 0 Å². The lowest BCUT2D eigenvalue weighted by atomic mass is 10.1. The summed E-state index contributed by atoms with van der Waals surface area (Å²) in [6.07, 6.45) is 1.62. The van der Waals surface area contributed by atoms with E-state index in [1.165, 1.54) is 0 Å². The first-order valence-corrected chi connectivity index (χ1v) is 8.64. The van der Waals surface area contributed by atoms with Crippen LogP contribution in [0.25, 0.3) is 0 Å². The lowest BCUT2D eigenvalue weighted by Crippen LogP contribution is -2.20. The summed E-state index contributed by atoms with van der Waals surface area (Å²) in [6, 6.07) is 11.4. The highest BCUT2D eigenvalue weighted by Crippen LogP contribution is 2.48. The van der Waals surface area contributed by atoms with Crippen molar-refractivity contribution in [3.63, 3.8) is 0 Å². The monoisotopic (exact) mass is 333 g/mol. The number of anilines is 2. The third-order valence-electron chi connectivity index (χ3n) is 3.46. The van der Waals surface area contributed by atoms with Crippen LogP contribution in [0.5, 0.6) is 0 Å². The van der Waals surface area contributed by atoms with Crippen molar-refractivity contribution in [2.75, 3.05) is 11.4 Å². The van der Waals surface area contributed by atoms with Crippen molar-refractivity contribution in [2.24, 2.45) is 10.9 Å². The molecule has 1 aliphatic rings. The molecule has 2 aromatic rings. The molecule has 1 aliphatic heterocycles. The Labute approximate surface area is 135 Å². The van der Waals surface area contributed by atoms with Crippen LogP contribution < -0.4 is 10.7 Å². The van der Waals surface area contributed by atoms with Gasteiger partial charge in [0.1, 0.15) is 0 Å². The fourth-order valence-electron chi connectivity index (χ4n) is 2.49. The Bertz CT molecular complexity index is 777. The largest absolute Gasteiger partial charge is 0.340 e. The van der Waals surface area contributed by atoms with Crippen molar-refractivity contribution in [1.29, 1.82) is 0 Å². The highest BCUT2D eigenvalue weighted by molar-refractivity contribution is 7.99. The minimum Gasteiger partial charge on any atom is -0.340 e. The van der Waals surface area contributed by atoms with Crippen molar-refractivity contribution >= 4 is 40.4 Å². The van der Waals surface area contributed by atoms with Crippen molar-refractivity contribution in [3.8, 4) is 0 Å². The second-order valence-corrected chi connectivity index (χ2v) is 6.78. The highest BCUT2D eigenvalue weighted by atomic mass is 32.2. The topological polar surface area (TPSA) is 78.9 Å². The van der Waals surface area contributed by atoms with E-state index in [1.54, 1.807) is 30.1 Å². The summed E-state index contributed by atoms with van der Waals surface area (Å²) in [5.74, 6) is 5.21. The molecular weight excluding hydrogens is 318 g/mol. The van der Waals surface area contributed by atoms with Crippen LogP contribution in [0.15, 0.2) is 56.2 Å². The quantitative estimate of drug-likeness (QED) is 0.390. The second-order valence-electron chi connectivity index (χ2n) is 4.73. The molecule has 1 unspecified atom stereocenters. The van der Waals surface area contributed by atoms with E-state index in [2.05, 4.69) is 16.9 Å². The predicted molar refractivity (Wildman–Crippen MR) is 90.5 cm³/mol. The van der Waals surface area contributed by atoms with E-state index in [-0.39, 0.29) is 0 Å². The first kappa shape index (κ1) is 15.1. The average molecular weight is 333 g/mol. The van der Waals surface area contributed by atoms with Gasteiger partial charge in [0.25, 0.3) is 0 Å². The van der Waals surface area contributed by atoms with Crippen molar-refractivity contribution in [3.05, 3.63) is 42.0 Å². The molecule has 0 radical (unpaired) electrons. The Morgan fingerprint density at radius 2 is 2.09 bits per heavy atom. The van der Waals surface area contributed by atoms with Crippen LogP contribution >= 0.6 is 11.8 Å². The van der Waals surface area contributed by atoms with Crippen LogP contribution in [-0.4, -0.2) is 21.5 Å². The van der Waals surface area contributed by atoms with Crippen LogP contribution in [0.4, 0.5) is 11.4 Å². The summed E-state index contributed by atoms with van der Waals surface area (Å²) in [7, 11) is 0. The van der Waals surface area contributed by atoms with E-state index >= 15 is 0 Å². The molecule has 114 valence electrons.